The maximum atomic E-state index is 12.9. The fourth-order valence-electron chi connectivity index (χ4n) is 4.85. The van der Waals surface area contributed by atoms with Gasteiger partial charge in [0.15, 0.2) is 11.6 Å². The molecule has 0 unspecified atom stereocenters. The summed E-state index contributed by atoms with van der Waals surface area (Å²) in [7, 11) is 3.56. The molecule has 3 amide bonds. The molecule has 0 saturated carbocycles. The zero-order valence-corrected chi connectivity index (χ0v) is 24.1. The molecular formula is C31H31N9O3. The van der Waals surface area contributed by atoms with Crippen LogP contribution < -0.4 is 20.4 Å². The van der Waals surface area contributed by atoms with Gasteiger partial charge in [-0.3, -0.25) is 19.4 Å². The summed E-state index contributed by atoms with van der Waals surface area (Å²) in [6.07, 6.45) is 5.58. The first-order chi connectivity index (χ1) is 20.8. The largest absolute Gasteiger partial charge is 0.378 e. The molecule has 4 heterocycles. The van der Waals surface area contributed by atoms with Gasteiger partial charge in [0.25, 0.3) is 0 Å². The molecule has 0 radical (unpaired) electrons. The zero-order chi connectivity index (χ0) is 29.9. The van der Waals surface area contributed by atoms with Crippen LogP contribution in [0, 0.1) is 0 Å². The number of amides is 3. The first-order valence-corrected chi connectivity index (χ1v) is 13.9. The van der Waals surface area contributed by atoms with E-state index in [1.807, 2.05) is 49.8 Å². The van der Waals surface area contributed by atoms with E-state index in [9.17, 15) is 9.59 Å². The van der Waals surface area contributed by atoms with Gasteiger partial charge < -0.3 is 20.3 Å². The van der Waals surface area contributed by atoms with E-state index >= 15 is 0 Å². The predicted molar refractivity (Wildman–Crippen MR) is 166 cm³/mol. The highest BCUT2D eigenvalue weighted by atomic mass is 16.5. The average Bonchev–Trinajstić information content (AvgIpc) is 3.47. The molecule has 43 heavy (non-hydrogen) atoms. The van der Waals surface area contributed by atoms with E-state index in [-0.39, 0.29) is 11.9 Å². The minimum atomic E-state index is -0.300. The third-order valence-corrected chi connectivity index (χ3v) is 7.14. The van der Waals surface area contributed by atoms with Crippen LogP contribution in [0.3, 0.4) is 0 Å². The molecule has 1 fully saturated rings. The number of ether oxygens (including phenoxy) is 1. The van der Waals surface area contributed by atoms with Crippen LogP contribution in [0.1, 0.15) is 6.92 Å². The number of aromatic nitrogens is 5. The molecular weight excluding hydrogens is 546 g/mol. The monoisotopic (exact) mass is 577 g/mol. The van der Waals surface area contributed by atoms with Crippen molar-refractivity contribution < 1.29 is 14.3 Å². The van der Waals surface area contributed by atoms with Gasteiger partial charge in [0.2, 0.25) is 5.91 Å². The number of carbonyl (C=O) groups is 2. The number of rotatable bonds is 6. The topological polar surface area (TPSA) is 130 Å². The Morgan fingerprint density at radius 2 is 1.58 bits per heavy atom. The van der Waals surface area contributed by atoms with Crippen LogP contribution in [-0.2, 0) is 16.6 Å². The summed E-state index contributed by atoms with van der Waals surface area (Å²) >= 11 is 0. The second-order valence-corrected chi connectivity index (χ2v) is 10.3. The van der Waals surface area contributed by atoms with Gasteiger partial charge in [-0.05, 0) is 54.6 Å². The van der Waals surface area contributed by atoms with E-state index in [0.717, 1.165) is 33.5 Å². The van der Waals surface area contributed by atoms with E-state index in [0.29, 0.717) is 49.2 Å². The predicted octanol–water partition coefficient (Wildman–Crippen LogP) is 4.56. The maximum Gasteiger partial charge on any atom is 0.326 e. The minimum Gasteiger partial charge on any atom is -0.378 e. The molecule has 5 aromatic rings. The fourth-order valence-corrected chi connectivity index (χ4v) is 4.85. The fraction of sp³-hybridized carbons (Fsp3) is 0.226. The molecule has 1 aliphatic rings. The first kappa shape index (κ1) is 27.8. The summed E-state index contributed by atoms with van der Waals surface area (Å²) in [6.45, 7) is 4.12. The molecule has 3 aromatic heterocycles. The number of anilines is 4. The summed E-state index contributed by atoms with van der Waals surface area (Å²) in [5.74, 6) is 1.18. The van der Waals surface area contributed by atoms with Crippen molar-refractivity contribution in [3.8, 4) is 22.5 Å². The lowest BCUT2D eigenvalue weighted by molar-refractivity contribution is -0.114. The summed E-state index contributed by atoms with van der Waals surface area (Å²) in [5.41, 5.74) is 6.13. The molecule has 6 rings (SSSR count). The number of fused-ring (bicyclic) bond motifs is 1. The van der Waals surface area contributed by atoms with Gasteiger partial charge in [-0.15, -0.1) is 0 Å². The number of benzene rings is 2. The molecule has 0 aliphatic carbocycles. The highest BCUT2D eigenvalue weighted by Crippen LogP contribution is 2.30. The summed E-state index contributed by atoms with van der Waals surface area (Å²) < 4.78 is 7.32. The highest BCUT2D eigenvalue weighted by Gasteiger charge is 2.20. The second-order valence-electron chi connectivity index (χ2n) is 10.3. The SMILES string of the molecule is CC(=O)Nc1ccc(N(C)C(=O)Nc2ccc(-c3nc(N4CCOCC4)c4ncc(-c5cnn(C)c5)cc4n3)cc2)cc1. The Balaban J connectivity index is 1.25. The van der Waals surface area contributed by atoms with Crippen molar-refractivity contribution in [3.63, 3.8) is 0 Å². The van der Waals surface area contributed by atoms with Gasteiger partial charge in [-0.2, -0.15) is 5.10 Å². The molecule has 2 N–H and O–H groups in total. The van der Waals surface area contributed by atoms with E-state index < -0.39 is 0 Å². The second kappa shape index (κ2) is 11.9. The van der Waals surface area contributed by atoms with Crippen LogP contribution in [0.25, 0.3) is 33.5 Å². The lowest BCUT2D eigenvalue weighted by Gasteiger charge is -2.28. The molecule has 218 valence electrons. The van der Waals surface area contributed by atoms with E-state index in [4.69, 9.17) is 19.7 Å². The molecule has 0 bridgehead atoms. The van der Waals surface area contributed by atoms with Crippen LogP contribution in [0.4, 0.5) is 27.7 Å². The number of hydrogen-bond donors (Lipinski definition) is 2. The van der Waals surface area contributed by atoms with Gasteiger partial charge in [0.1, 0.15) is 5.52 Å². The van der Waals surface area contributed by atoms with E-state index in [2.05, 4.69) is 20.6 Å². The number of nitrogens with one attached hydrogen (secondary N) is 2. The Hall–Kier alpha value is -5.36. The highest BCUT2D eigenvalue weighted by molar-refractivity contribution is 6.01. The Morgan fingerprint density at radius 3 is 2.26 bits per heavy atom. The third-order valence-electron chi connectivity index (χ3n) is 7.14. The molecule has 0 atom stereocenters. The zero-order valence-electron chi connectivity index (χ0n) is 24.1. The van der Waals surface area contributed by atoms with Crippen LogP contribution in [0.5, 0.6) is 0 Å². The Morgan fingerprint density at radius 1 is 0.884 bits per heavy atom. The van der Waals surface area contributed by atoms with Gasteiger partial charge >= 0.3 is 6.03 Å². The number of nitrogens with zero attached hydrogens (tertiary/aromatic N) is 7. The molecule has 1 saturated heterocycles. The quantitative estimate of drug-likeness (QED) is 0.301. The number of urea groups is 1. The van der Waals surface area contributed by atoms with Crippen molar-refractivity contribution in [1.82, 2.24) is 24.7 Å². The number of morpholine rings is 1. The summed E-state index contributed by atoms with van der Waals surface area (Å²) in [5, 5.41) is 9.93. The summed E-state index contributed by atoms with van der Waals surface area (Å²) in [6, 6.07) is 16.2. The maximum absolute atomic E-state index is 12.9. The number of carbonyl (C=O) groups excluding carboxylic acids is 2. The number of aryl methyl sites for hydroxylation is 1. The first-order valence-electron chi connectivity index (χ1n) is 13.9. The van der Waals surface area contributed by atoms with Crippen molar-refractivity contribution >= 4 is 45.9 Å². The number of pyridine rings is 1. The van der Waals surface area contributed by atoms with Crippen molar-refractivity contribution in [3.05, 3.63) is 73.2 Å². The molecule has 2 aromatic carbocycles. The van der Waals surface area contributed by atoms with Crippen LogP contribution in [-0.4, -0.2) is 70.0 Å². The van der Waals surface area contributed by atoms with Gasteiger partial charge in [0, 0.05) is 80.3 Å². The van der Waals surface area contributed by atoms with Gasteiger partial charge in [0.05, 0.1) is 24.9 Å². The van der Waals surface area contributed by atoms with Crippen LogP contribution in [0.15, 0.2) is 73.2 Å². The normalized spacial score (nSPS) is 13.1. The van der Waals surface area contributed by atoms with Gasteiger partial charge in [-0.1, -0.05) is 0 Å². The van der Waals surface area contributed by atoms with Crippen molar-refractivity contribution in [2.24, 2.45) is 7.05 Å². The standard InChI is InChI=1S/C31H31N9O3/c1-20(41)34-24-8-10-26(11-9-24)39(3)31(42)35-25-6-4-21(5-7-25)29-36-27-16-22(23-18-33-38(2)19-23)17-32-28(27)30(37-29)40-12-14-43-15-13-40/h4-11,16-19H,12-15H2,1-3H3,(H,34,41)(H,35,42). The number of hydrogen-bond acceptors (Lipinski definition) is 8. The minimum absolute atomic E-state index is 0.153. The Bertz CT molecular complexity index is 1780. The molecule has 0 spiro atoms. The van der Waals surface area contributed by atoms with Crippen LogP contribution >= 0.6 is 0 Å². The van der Waals surface area contributed by atoms with Crippen molar-refractivity contribution in [2.45, 2.75) is 6.92 Å². The van der Waals surface area contributed by atoms with E-state index in [1.54, 1.807) is 42.2 Å². The van der Waals surface area contributed by atoms with Gasteiger partial charge in [-0.25, -0.2) is 14.8 Å². The Labute approximate surface area is 248 Å². The Kier molecular flexibility index (Phi) is 7.67. The van der Waals surface area contributed by atoms with Crippen LogP contribution in [0.2, 0.25) is 0 Å². The van der Waals surface area contributed by atoms with Crippen molar-refractivity contribution in [2.75, 3.05) is 53.8 Å². The van der Waals surface area contributed by atoms with E-state index in [1.165, 1.54) is 11.8 Å². The lowest BCUT2D eigenvalue weighted by Crippen LogP contribution is -2.37. The molecule has 12 heteroatoms. The lowest BCUT2D eigenvalue weighted by atomic mass is 10.1. The third kappa shape index (κ3) is 6.14. The molecule has 1 aliphatic heterocycles. The average molecular weight is 578 g/mol. The smallest absolute Gasteiger partial charge is 0.326 e. The molecule has 12 nitrogen and oxygen atoms in total. The summed E-state index contributed by atoms with van der Waals surface area (Å²) in [4.78, 5) is 42.5. The van der Waals surface area contributed by atoms with Crippen molar-refractivity contribution in [1.29, 1.82) is 0 Å².